The van der Waals surface area contributed by atoms with Gasteiger partial charge in [-0.25, -0.2) is 46.9 Å². The normalized spacial score (nSPS) is 17.0. The van der Waals surface area contributed by atoms with Crippen molar-refractivity contribution in [3.63, 3.8) is 0 Å². The number of pyridine rings is 5. The van der Waals surface area contributed by atoms with Crippen LogP contribution in [0.4, 0.5) is 22.0 Å². The first-order valence-electron chi connectivity index (χ1n) is 45.5. The summed E-state index contributed by atoms with van der Waals surface area (Å²) in [6, 6.07) is 85.4. The van der Waals surface area contributed by atoms with Gasteiger partial charge in [0.1, 0.15) is 50.6 Å². The Hall–Kier alpha value is -10.2. The fraction of sp³-hybridized carbons (Fsp3) is 0.264. The van der Waals surface area contributed by atoms with Gasteiger partial charge < -0.3 is 15.9 Å². The smallest absolute Gasteiger partial charge is 0.264 e. The predicted octanol–water partition coefficient (Wildman–Crippen LogP) is 28.1. The first-order valence-corrected chi connectivity index (χ1v) is 49.9. The Labute approximate surface area is 839 Å². The summed E-state index contributed by atoms with van der Waals surface area (Å²) in [6.07, 6.45) is 6.31. The van der Waals surface area contributed by atoms with Crippen molar-refractivity contribution in [2.45, 2.75) is 141 Å². The van der Waals surface area contributed by atoms with Crippen LogP contribution in [-0.4, -0.2) is 109 Å². The van der Waals surface area contributed by atoms with E-state index in [0.29, 0.717) is 80.5 Å². The number of aromatic nitrogens is 5. The minimum absolute atomic E-state index is 0.00178. The molecule has 7 unspecified atom stereocenters. The third-order valence-corrected chi connectivity index (χ3v) is 27.7. The first kappa shape index (κ1) is 104. The largest absolute Gasteiger partial charge is 0.384 e. The average Bonchev–Trinajstić information content (AvgIpc) is 0.731. The van der Waals surface area contributed by atoms with Crippen LogP contribution in [0.25, 0.3) is 61.9 Å². The number of hydrogen-bond donors (Lipinski definition) is 3. The maximum Gasteiger partial charge on any atom is 0.264 e. The van der Waals surface area contributed by atoms with E-state index in [-0.39, 0.29) is 56.3 Å². The number of hydrogen-bond acceptors (Lipinski definition) is 15. The molecule has 28 heteroatoms. The van der Waals surface area contributed by atoms with Gasteiger partial charge in [0.15, 0.2) is 0 Å². The van der Waals surface area contributed by atoms with E-state index < -0.39 is 50.4 Å². The van der Waals surface area contributed by atoms with Gasteiger partial charge in [-0.05, 0) is 273 Å². The van der Waals surface area contributed by atoms with Crippen molar-refractivity contribution in [3.05, 3.63) is 411 Å². The van der Waals surface area contributed by atoms with E-state index in [2.05, 4.69) is 138 Å². The van der Waals surface area contributed by atoms with Gasteiger partial charge in [0.2, 0.25) is 0 Å². The lowest BCUT2D eigenvalue weighted by Crippen LogP contribution is -2.40. The van der Waals surface area contributed by atoms with Crippen molar-refractivity contribution in [2.24, 2.45) is 5.73 Å². The number of nitrogens with two attached hydrogens (primary N) is 1. The Morgan fingerprint density at radius 2 is 0.710 bits per heavy atom. The molecule has 4 fully saturated rings. The van der Waals surface area contributed by atoms with E-state index in [1.165, 1.54) is 64.2 Å². The minimum atomic E-state index is -3.46. The standard InChI is InChI=1S/C25H26ClFN2O.C24H25ClFN3O.C24H22ClFN2.C21H17Cl2FN2.C16H16Cl2FNO3S/c1-3-25(2,30)24-15-19(14-22(28-24)18-9-10-21(27)20(26)13-18)23-11-12-29(23)16-17-7-5-4-6-8-17;1-24(30,15-27)23-13-18(12-21(28-23)17-7-8-20(26)19(25)11-17)22-9-10-29(22)14-16-5-3-2-4-6-16;1-16(2)22-13-19(14-23(27-22)18-8-9-21(26)20(25)12-18)24-10-11-28(24)15-17-6-4-3-5-7-17;22-17-10-15(6-7-18(17)24)19-11-16(12-21(23)25-19)20-8-9-26(20)13-14-4-2-1-3-5-14;1-10(5-6-23-24(2,21)22)12-8-15(20-16(18)9-12)11-3-4-14(19)13(17)7-11/h4-10,13-15,23,30H,3,11-12,16H2,1-2H3;2-8,11-13,22,30H,9-10,14-15,27H2,1H3;3-9,12-14,24H,1,10-11,15H2,2H3;1-7,10-12,20H,8-9,13H2;3-4,7-10H,5-6H2,1-2H3. The highest BCUT2D eigenvalue weighted by Gasteiger charge is 2.37. The van der Waals surface area contributed by atoms with Crippen LogP contribution >= 0.6 is 81.2 Å². The van der Waals surface area contributed by atoms with Gasteiger partial charge in [-0.3, -0.25) is 23.8 Å². The number of halogens is 12. The molecule has 0 amide bonds. The van der Waals surface area contributed by atoms with Crippen molar-refractivity contribution in [1.29, 1.82) is 0 Å². The third kappa shape index (κ3) is 27.3. The number of aliphatic hydroxyl groups is 2. The van der Waals surface area contributed by atoms with Gasteiger partial charge in [-0.15, -0.1) is 0 Å². The van der Waals surface area contributed by atoms with Gasteiger partial charge in [0, 0.05) is 111 Å². The van der Waals surface area contributed by atoms with E-state index in [0.717, 1.165) is 140 Å². The quantitative estimate of drug-likeness (QED) is 0.0250. The van der Waals surface area contributed by atoms with Gasteiger partial charge in [0.25, 0.3) is 10.1 Å². The summed E-state index contributed by atoms with van der Waals surface area (Å²) < 4.78 is 94.4. The molecular formula is C110H106Cl7F5N10O5S. The zero-order valence-corrected chi connectivity index (χ0v) is 83.2. The fourth-order valence-corrected chi connectivity index (χ4v) is 18.4. The highest BCUT2D eigenvalue weighted by molar-refractivity contribution is 7.86. The van der Waals surface area contributed by atoms with Crippen LogP contribution in [0.2, 0.25) is 35.4 Å². The summed E-state index contributed by atoms with van der Waals surface area (Å²) in [4.78, 5) is 32.4. The number of rotatable bonds is 27. The molecule has 15 nitrogen and oxygen atoms in total. The predicted molar refractivity (Wildman–Crippen MR) is 547 cm³/mol. The van der Waals surface area contributed by atoms with Crippen LogP contribution in [0, 0.1) is 29.1 Å². The SMILES string of the molecule is C=C(C)c1cc(C2CCN2Cc2ccccc2)cc(-c2ccc(F)c(Cl)c2)n1.CC(CCOS(C)(=O)=O)c1cc(Cl)nc(-c2ccc(F)c(Cl)c2)c1.CC(O)(CN)c1cc(C2CCN2Cc2ccccc2)cc(-c2ccc(F)c(Cl)c2)n1.CCC(C)(O)c1cc(C2CCN2Cc2ccccc2)cc(-c2ccc(F)c(Cl)c2)n1.Fc1ccc(-c2cc(C3CCN3Cc3ccccc3)cc(Cl)n2)cc1Cl. The van der Waals surface area contributed by atoms with Crippen LogP contribution in [0.15, 0.2) is 280 Å². The zero-order valence-electron chi connectivity index (χ0n) is 77.1. The molecule has 18 rings (SSSR count). The van der Waals surface area contributed by atoms with Crippen molar-refractivity contribution in [2.75, 3.05) is 45.6 Å². The molecule has 4 N–H and O–H groups in total. The van der Waals surface area contributed by atoms with E-state index in [1.807, 2.05) is 99.6 Å². The van der Waals surface area contributed by atoms with E-state index in [9.17, 15) is 40.6 Å². The van der Waals surface area contributed by atoms with Gasteiger partial charge >= 0.3 is 0 Å². The molecule has 14 aromatic rings. The molecule has 9 heterocycles. The molecule has 4 aliphatic rings. The van der Waals surface area contributed by atoms with Crippen molar-refractivity contribution in [3.8, 4) is 56.3 Å². The molecule has 4 aliphatic heterocycles. The molecule has 138 heavy (non-hydrogen) atoms. The second kappa shape index (κ2) is 46.9. The second-order valence-electron chi connectivity index (χ2n) is 35.5. The molecule has 0 saturated carbocycles. The Morgan fingerprint density at radius 3 is 1.00 bits per heavy atom. The van der Waals surface area contributed by atoms with Crippen LogP contribution in [0.1, 0.15) is 170 Å². The zero-order chi connectivity index (χ0) is 98.3. The maximum absolute atomic E-state index is 13.7. The maximum atomic E-state index is 13.7. The average molecular weight is 2020 g/mol. The third-order valence-electron chi connectivity index (χ3n) is 25.3. The van der Waals surface area contributed by atoms with E-state index in [1.54, 1.807) is 74.5 Å². The molecular weight excluding hydrogens is 1920 g/mol. The topological polar surface area (TPSA) is 187 Å². The molecule has 716 valence electrons. The fourth-order valence-electron chi connectivity index (χ4n) is 16.7. The Morgan fingerprint density at radius 1 is 0.420 bits per heavy atom. The summed E-state index contributed by atoms with van der Waals surface area (Å²) in [5.74, 6) is -2.29. The Bertz CT molecular complexity index is 6560. The molecule has 7 atom stereocenters. The summed E-state index contributed by atoms with van der Waals surface area (Å²) in [7, 11) is -3.46. The van der Waals surface area contributed by atoms with Crippen molar-refractivity contribution >= 4 is 96.9 Å². The Kier molecular flexibility index (Phi) is 35.2. The highest BCUT2D eigenvalue weighted by Crippen LogP contribution is 2.44. The van der Waals surface area contributed by atoms with Gasteiger partial charge in [-0.1, -0.05) is 223 Å². The van der Waals surface area contributed by atoms with Gasteiger partial charge in [0.05, 0.1) is 83.5 Å². The summed E-state index contributed by atoms with van der Waals surface area (Å²) in [5, 5.41) is 22.7. The molecule has 0 bridgehead atoms. The lowest BCUT2D eigenvalue weighted by molar-refractivity contribution is 0.0474. The molecule has 9 aromatic carbocycles. The highest BCUT2D eigenvalue weighted by atomic mass is 35.5. The molecule has 4 saturated heterocycles. The monoisotopic (exact) mass is 2020 g/mol. The van der Waals surface area contributed by atoms with Crippen molar-refractivity contribution < 1.29 is 44.8 Å². The number of likely N-dealkylation sites (tertiary alicyclic amines) is 4. The lowest BCUT2D eigenvalue weighted by Gasteiger charge is -2.42. The van der Waals surface area contributed by atoms with Crippen LogP contribution < -0.4 is 5.73 Å². The lowest BCUT2D eigenvalue weighted by atomic mass is 9.89. The number of nitrogens with zero attached hydrogens (tertiary/aromatic N) is 9. The van der Waals surface area contributed by atoms with Crippen LogP contribution in [0.5, 0.6) is 0 Å². The number of benzene rings is 9. The first-order chi connectivity index (χ1) is 66.0. The van der Waals surface area contributed by atoms with E-state index >= 15 is 0 Å². The molecule has 0 spiro atoms. The van der Waals surface area contributed by atoms with Crippen LogP contribution in [0.3, 0.4) is 0 Å². The van der Waals surface area contributed by atoms with Crippen LogP contribution in [-0.2, 0) is 51.7 Å². The molecule has 0 radical (unpaired) electrons. The minimum Gasteiger partial charge on any atom is -0.384 e. The summed E-state index contributed by atoms with van der Waals surface area (Å²) >= 11 is 42.1. The Balaban J connectivity index is 0.000000138. The van der Waals surface area contributed by atoms with Crippen molar-refractivity contribution in [1.82, 2.24) is 44.5 Å². The van der Waals surface area contributed by atoms with Gasteiger partial charge in [-0.2, -0.15) is 8.42 Å². The second-order valence-corrected chi connectivity index (χ2v) is 40.0. The molecule has 0 aliphatic carbocycles. The summed E-state index contributed by atoms with van der Waals surface area (Å²) in [5.41, 5.74) is 24.0. The number of allylic oxidation sites excluding steroid dienone is 1. The summed E-state index contributed by atoms with van der Waals surface area (Å²) in [6.45, 7) is 21.2. The van der Waals surface area contributed by atoms with E-state index in [4.69, 9.17) is 101 Å². The molecule has 5 aromatic heterocycles.